The molecule has 2 atom stereocenters. The van der Waals surface area contributed by atoms with Crippen LogP contribution < -0.4 is 4.90 Å². The Kier molecular flexibility index (Phi) is 5.23. The number of carbonyl (C=O) groups excluding carboxylic acids is 2. The Bertz CT molecular complexity index is 866. The van der Waals surface area contributed by atoms with Crippen molar-refractivity contribution in [3.8, 4) is 0 Å². The van der Waals surface area contributed by atoms with Crippen LogP contribution in [0.1, 0.15) is 31.5 Å². The van der Waals surface area contributed by atoms with Gasteiger partial charge >= 0.3 is 12.1 Å². The molecule has 0 N–H and O–H groups in total. The smallest absolute Gasteiger partial charge is 0.416 e. The first-order chi connectivity index (χ1) is 12.7. The van der Waals surface area contributed by atoms with Crippen molar-refractivity contribution in [1.29, 1.82) is 0 Å². The second-order valence-corrected chi connectivity index (χ2v) is 7.29. The van der Waals surface area contributed by atoms with Gasteiger partial charge in [-0.1, -0.05) is 13.0 Å². The second-order valence-electron chi connectivity index (χ2n) is 6.45. The minimum atomic E-state index is -4.51. The van der Waals surface area contributed by atoms with E-state index in [1.807, 2.05) is 6.92 Å². The predicted molar refractivity (Wildman–Crippen MR) is 93.4 cm³/mol. The molecular weight excluding hydrogens is 381 g/mol. The molecular formula is C18H17F3N2O3S. The quantitative estimate of drug-likeness (QED) is 0.694. The van der Waals surface area contributed by atoms with Crippen molar-refractivity contribution >= 4 is 34.0 Å². The molecule has 0 radical (unpaired) electrons. The fraction of sp³-hybridized carbons (Fsp3) is 0.389. The number of halogens is 3. The fourth-order valence-electron chi connectivity index (χ4n) is 2.62. The van der Waals surface area contributed by atoms with Crippen molar-refractivity contribution in [3.05, 3.63) is 40.9 Å². The van der Waals surface area contributed by atoms with Gasteiger partial charge in [-0.25, -0.2) is 4.98 Å². The van der Waals surface area contributed by atoms with Gasteiger partial charge in [-0.3, -0.25) is 14.5 Å². The van der Waals surface area contributed by atoms with E-state index < -0.39 is 17.6 Å². The molecule has 0 aliphatic heterocycles. The summed E-state index contributed by atoms with van der Waals surface area (Å²) in [6, 6.07) is 4.48. The highest BCUT2D eigenvalue weighted by Gasteiger charge is 2.40. The van der Waals surface area contributed by atoms with Gasteiger partial charge < -0.3 is 4.74 Å². The van der Waals surface area contributed by atoms with Crippen LogP contribution in [0.15, 0.2) is 29.6 Å². The third-order valence-electron chi connectivity index (χ3n) is 4.25. The van der Waals surface area contributed by atoms with Gasteiger partial charge in [-0.2, -0.15) is 13.2 Å². The van der Waals surface area contributed by atoms with E-state index in [-0.39, 0.29) is 29.3 Å². The van der Waals surface area contributed by atoms with E-state index in [2.05, 4.69) is 4.98 Å². The van der Waals surface area contributed by atoms with Crippen molar-refractivity contribution in [2.45, 2.75) is 33.1 Å². The lowest BCUT2D eigenvalue weighted by atomic mass is 10.2. The molecule has 0 spiro atoms. The molecule has 5 nitrogen and oxygen atoms in total. The van der Waals surface area contributed by atoms with Crippen molar-refractivity contribution in [1.82, 2.24) is 4.98 Å². The Balaban J connectivity index is 1.77. The van der Waals surface area contributed by atoms with Crippen LogP contribution in [-0.4, -0.2) is 16.9 Å². The van der Waals surface area contributed by atoms with Crippen LogP contribution in [0.4, 0.5) is 24.0 Å². The van der Waals surface area contributed by atoms with E-state index in [1.165, 1.54) is 19.1 Å². The zero-order chi connectivity index (χ0) is 19.8. The molecule has 1 aromatic heterocycles. The largest absolute Gasteiger partial charge is 0.459 e. The van der Waals surface area contributed by atoms with Gasteiger partial charge in [0.25, 0.3) is 0 Å². The summed E-state index contributed by atoms with van der Waals surface area (Å²) in [5.41, 5.74) is -0.340. The topological polar surface area (TPSA) is 59.5 Å². The third kappa shape index (κ3) is 4.47. The van der Waals surface area contributed by atoms with Crippen LogP contribution in [0.3, 0.4) is 0 Å². The highest BCUT2D eigenvalue weighted by Crippen LogP contribution is 2.39. The van der Waals surface area contributed by atoms with Crippen molar-refractivity contribution < 1.29 is 27.5 Å². The number of nitrogens with zero attached hydrogens (tertiary/aromatic N) is 2. The lowest BCUT2D eigenvalue weighted by Crippen LogP contribution is -2.23. The summed E-state index contributed by atoms with van der Waals surface area (Å²) < 4.78 is 44.0. The summed E-state index contributed by atoms with van der Waals surface area (Å²) in [5, 5.41) is 1.83. The van der Waals surface area contributed by atoms with Gasteiger partial charge in [0.05, 0.1) is 22.9 Å². The van der Waals surface area contributed by atoms with Crippen molar-refractivity contribution in [3.63, 3.8) is 0 Å². The number of carbonyl (C=O) groups is 2. The van der Waals surface area contributed by atoms with E-state index in [0.717, 1.165) is 34.8 Å². The van der Waals surface area contributed by atoms with Crippen LogP contribution in [0.2, 0.25) is 0 Å². The van der Waals surface area contributed by atoms with Gasteiger partial charge in [-0.05, 0) is 30.5 Å². The average molecular weight is 398 g/mol. The number of alkyl halides is 3. The van der Waals surface area contributed by atoms with E-state index in [9.17, 15) is 22.8 Å². The number of benzene rings is 1. The van der Waals surface area contributed by atoms with Crippen molar-refractivity contribution in [2.75, 3.05) is 4.90 Å². The number of esters is 1. The standard InChI is InChI=1S/C18H17F3N2O3S/c1-10-6-15(10)16(25)26-8-13-9-27-17(22-13)23(11(2)24)14-5-3-4-12(7-14)18(19,20)21/h3-5,7,9-10,15H,6,8H2,1-2H3. The molecule has 1 saturated carbocycles. The van der Waals surface area contributed by atoms with Crippen LogP contribution in [0.5, 0.6) is 0 Å². The summed E-state index contributed by atoms with van der Waals surface area (Å²) in [4.78, 5) is 29.2. The summed E-state index contributed by atoms with van der Waals surface area (Å²) in [6.07, 6.45) is -3.70. The molecule has 1 fully saturated rings. The average Bonchev–Trinajstić information content (AvgIpc) is 3.14. The number of rotatable bonds is 5. The highest BCUT2D eigenvalue weighted by atomic mass is 32.1. The Morgan fingerprint density at radius 1 is 1.37 bits per heavy atom. The summed E-state index contributed by atoms with van der Waals surface area (Å²) >= 11 is 1.09. The lowest BCUT2D eigenvalue weighted by Gasteiger charge is -2.19. The first-order valence-electron chi connectivity index (χ1n) is 8.26. The van der Waals surface area contributed by atoms with Gasteiger partial charge in [0.2, 0.25) is 5.91 Å². The monoisotopic (exact) mass is 398 g/mol. The maximum Gasteiger partial charge on any atom is 0.416 e. The van der Waals surface area contributed by atoms with E-state index in [0.29, 0.717) is 11.6 Å². The molecule has 2 unspecified atom stereocenters. The Morgan fingerprint density at radius 2 is 2.07 bits per heavy atom. The Morgan fingerprint density at radius 3 is 2.67 bits per heavy atom. The second kappa shape index (κ2) is 7.30. The van der Waals surface area contributed by atoms with Crippen LogP contribution in [-0.2, 0) is 27.1 Å². The van der Waals surface area contributed by atoms with Crippen molar-refractivity contribution in [2.24, 2.45) is 11.8 Å². The number of thiazole rings is 1. The lowest BCUT2D eigenvalue weighted by molar-refractivity contribution is -0.147. The molecule has 27 heavy (non-hydrogen) atoms. The molecule has 1 aliphatic carbocycles. The molecule has 1 heterocycles. The number of hydrogen-bond donors (Lipinski definition) is 0. The fourth-order valence-corrected chi connectivity index (χ4v) is 3.49. The van der Waals surface area contributed by atoms with Gasteiger partial charge in [0, 0.05) is 12.3 Å². The molecule has 144 valence electrons. The third-order valence-corrected chi connectivity index (χ3v) is 5.13. The summed E-state index contributed by atoms with van der Waals surface area (Å²) in [7, 11) is 0. The normalized spacial score (nSPS) is 18.9. The maximum absolute atomic E-state index is 12.9. The van der Waals surface area contributed by atoms with Gasteiger partial charge in [0.15, 0.2) is 5.13 Å². The number of aromatic nitrogens is 1. The number of amides is 1. The zero-order valence-electron chi connectivity index (χ0n) is 14.6. The number of hydrogen-bond acceptors (Lipinski definition) is 5. The predicted octanol–water partition coefficient (Wildman–Crippen LogP) is 4.55. The minimum absolute atomic E-state index is 0.0348. The van der Waals surface area contributed by atoms with Crippen LogP contribution in [0, 0.1) is 11.8 Å². The molecule has 0 bridgehead atoms. The van der Waals surface area contributed by atoms with Gasteiger partial charge in [0.1, 0.15) is 6.61 Å². The molecule has 2 aromatic rings. The first kappa shape index (κ1) is 19.3. The molecule has 3 rings (SSSR count). The van der Waals surface area contributed by atoms with E-state index in [4.69, 9.17) is 4.74 Å². The first-order valence-corrected chi connectivity index (χ1v) is 9.13. The molecule has 1 aromatic carbocycles. The number of ether oxygens (including phenoxy) is 1. The molecule has 0 saturated heterocycles. The maximum atomic E-state index is 12.9. The Labute approximate surface area is 157 Å². The molecule has 1 aliphatic rings. The van der Waals surface area contributed by atoms with E-state index in [1.54, 1.807) is 5.38 Å². The summed E-state index contributed by atoms with van der Waals surface area (Å²) in [6.45, 7) is 3.18. The van der Waals surface area contributed by atoms with E-state index >= 15 is 0 Å². The summed E-state index contributed by atoms with van der Waals surface area (Å²) in [5.74, 6) is -0.489. The SMILES string of the molecule is CC(=O)N(c1cccc(C(F)(F)F)c1)c1nc(COC(=O)C2CC2C)cs1. The highest BCUT2D eigenvalue weighted by molar-refractivity contribution is 7.14. The molecule has 9 heteroatoms. The Hall–Kier alpha value is -2.42. The zero-order valence-corrected chi connectivity index (χ0v) is 15.4. The van der Waals surface area contributed by atoms with Gasteiger partial charge in [-0.15, -0.1) is 11.3 Å². The molecule has 1 amide bonds. The van der Waals surface area contributed by atoms with Crippen LogP contribution >= 0.6 is 11.3 Å². The minimum Gasteiger partial charge on any atom is -0.459 e. The van der Waals surface area contributed by atoms with Crippen LogP contribution in [0.25, 0.3) is 0 Å². The number of anilines is 2.